The van der Waals surface area contributed by atoms with Crippen molar-refractivity contribution in [3.63, 3.8) is 0 Å². The quantitative estimate of drug-likeness (QED) is 0.123. The second-order valence-electron chi connectivity index (χ2n) is 8.91. The number of halogens is 6. The van der Waals surface area contributed by atoms with Crippen LogP contribution in [0, 0.1) is 29.1 Å². The van der Waals surface area contributed by atoms with Gasteiger partial charge in [0.2, 0.25) is 34.8 Å². The van der Waals surface area contributed by atoms with E-state index in [2.05, 4.69) is 21.0 Å². The molecule has 1 aromatic heterocycles. The molecule has 4 aromatic rings. The number of hydrogen-bond donors (Lipinski definition) is 1. The summed E-state index contributed by atoms with van der Waals surface area (Å²) in [7, 11) is 0. The summed E-state index contributed by atoms with van der Waals surface area (Å²) in [5.74, 6) is -10.6. The maximum atomic E-state index is 15.0. The van der Waals surface area contributed by atoms with Crippen LogP contribution in [-0.2, 0) is 23.1 Å². The SMILES string of the molecule is OC(c1ccccc1CBr)c1n(-c2c(F)c(F)c(F)c(F)c2F)nc2[n+]1C1c3ccccc3C[C@@H]1OC2. The molecule has 0 spiro atoms. The van der Waals surface area contributed by atoms with Gasteiger partial charge in [0.1, 0.15) is 18.8 Å². The van der Waals surface area contributed by atoms with Crippen LogP contribution in [0.3, 0.4) is 0 Å². The second-order valence-corrected chi connectivity index (χ2v) is 9.47. The van der Waals surface area contributed by atoms with E-state index in [-0.39, 0.29) is 24.4 Å². The highest BCUT2D eigenvalue weighted by Gasteiger charge is 2.49. The van der Waals surface area contributed by atoms with Crippen molar-refractivity contribution in [3.05, 3.63) is 112 Å². The molecular weight excluding hydrogens is 561 g/mol. The third-order valence-electron chi connectivity index (χ3n) is 6.95. The molecule has 0 fully saturated rings. The Balaban J connectivity index is 1.68. The molecule has 6 rings (SSSR count). The van der Waals surface area contributed by atoms with Gasteiger partial charge in [-0.2, -0.15) is 8.78 Å². The minimum atomic E-state index is -2.27. The Morgan fingerprint density at radius 3 is 2.35 bits per heavy atom. The first-order valence-electron chi connectivity index (χ1n) is 11.4. The number of alkyl halides is 1. The third-order valence-corrected chi connectivity index (χ3v) is 7.55. The van der Waals surface area contributed by atoms with Crippen molar-refractivity contribution in [3.8, 4) is 5.69 Å². The van der Waals surface area contributed by atoms with E-state index in [9.17, 15) is 18.3 Å². The van der Waals surface area contributed by atoms with E-state index in [4.69, 9.17) is 4.74 Å². The molecule has 2 aliphatic rings. The number of aliphatic hydroxyl groups is 1. The van der Waals surface area contributed by atoms with E-state index in [1.807, 2.05) is 24.3 Å². The normalized spacial score (nSPS) is 18.9. The Labute approximate surface area is 215 Å². The van der Waals surface area contributed by atoms with Crippen LogP contribution in [0.15, 0.2) is 48.5 Å². The molecule has 5 nitrogen and oxygen atoms in total. The van der Waals surface area contributed by atoms with Crippen LogP contribution in [0.25, 0.3) is 5.69 Å². The van der Waals surface area contributed by atoms with Gasteiger partial charge in [-0.25, -0.2) is 17.7 Å². The summed E-state index contributed by atoms with van der Waals surface area (Å²) >= 11 is 3.37. The Kier molecular flexibility index (Phi) is 5.89. The average Bonchev–Trinajstić information content (AvgIpc) is 3.48. The molecule has 0 saturated carbocycles. The summed E-state index contributed by atoms with van der Waals surface area (Å²) in [6.07, 6.45) is -1.35. The van der Waals surface area contributed by atoms with Crippen LogP contribution < -0.4 is 4.57 Å². The van der Waals surface area contributed by atoms with Gasteiger partial charge in [-0.15, -0.1) is 0 Å². The number of fused-ring (bicyclic) bond motifs is 5. The number of ether oxygens (including phenoxy) is 1. The third kappa shape index (κ3) is 3.55. The van der Waals surface area contributed by atoms with Gasteiger partial charge in [-0.05, 0) is 22.3 Å². The molecule has 37 heavy (non-hydrogen) atoms. The minimum absolute atomic E-state index is 0.0859. The van der Waals surface area contributed by atoms with Crippen molar-refractivity contribution >= 4 is 15.9 Å². The van der Waals surface area contributed by atoms with Crippen molar-refractivity contribution in [1.29, 1.82) is 0 Å². The summed E-state index contributed by atoms with van der Waals surface area (Å²) in [4.78, 5) is 0. The zero-order valence-electron chi connectivity index (χ0n) is 18.9. The minimum Gasteiger partial charge on any atom is -0.377 e. The zero-order chi connectivity index (χ0) is 26.0. The molecule has 2 heterocycles. The highest BCUT2D eigenvalue weighted by molar-refractivity contribution is 9.08. The van der Waals surface area contributed by atoms with Gasteiger partial charge in [0, 0.05) is 16.8 Å². The van der Waals surface area contributed by atoms with Crippen molar-refractivity contribution < 1.29 is 36.4 Å². The molecule has 0 amide bonds. The van der Waals surface area contributed by atoms with Crippen LogP contribution in [-0.4, -0.2) is 21.0 Å². The highest BCUT2D eigenvalue weighted by atomic mass is 79.9. The van der Waals surface area contributed by atoms with Gasteiger partial charge in [0.25, 0.3) is 5.82 Å². The topological polar surface area (TPSA) is 51.2 Å². The Morgan fingerprint density at radius 1 is 0.973 bits per heavy atom. The van der Waals surface area contributed by atoms with Crippen LogP contribution in [0.4, 0.5) is 22.0 Å². The van der Waals surface area contributed by atoms with Gasteiger partial charge in [0.05, 0.1) is 0 Å². The summed E-state index contributed by atoms with van der Waals surface area (Å²) in [5, 5.41) is 16.3. The lowest BCUT2D eigenvalue weighted by atomic mass is 10.0. The van der Waals surface area contributed by atoms with Crippen LogP contribution in [0.5, 0.6) is 0 Å². The van der Waals surface area contributed by atoms with E-state index < -0.39 is 46.9 Å². The van der Waals surface area contributed by atoms with Crippen molar-refractivity contribution in [2.75, 3.05) is 0 Å². The molecule has 1 aliphatic carbocycles. The number of hydrogen-bond acceptors (Lipinski definition) is 3. The summed E-state index contributed by atoms with van der Waals surface area (Å²) in [6.45, 7) is -0.0859. The smallest absolute Gasteiger partial charge is 0.304 e. The second kappa shape index (κ2) is 9.00. The van der Waals surface area contributed by atoms with E-state index in [1.165, 1.54) is 0 Å². The van der Waals surface area contributed by atoms with Crippen molar-refractivity contribution in [1.82, 2.24) is 9.78 Å². The molecule has 0 bridgehead atoms. The maximum Gasteiger partial charge on any atom is 0.304 e. The van der Waals surface area contributed by atoms with E-state index in [0.29, 0.717) is 27.6 Å². The van der Waals surface area contributed by atoms with Crippen LogP contribution in [0.2, 0.25) is 0 Å². The lowest BCUT2D eigenvalue weighted by Gasteiger charge is -2.26. The monoisotopic (exact) mass is 578 g/mol. The molecule has 190 valence electrons. The molecule has 1 aliphatic heterocycles. The predicted molar refractivity (Wildman–Crippen MR) is 124 cm³/mol. The molecule has 3 atom stereocenters. The molecule has 1 N–H and O–H groups in total. The number of rotatable bonds is 4. The number of aromatic nitrogens is 3. The van der Waals surface area contributed by atoms with Crippen molar-refractivity contribution in [2.45, 2.75) is 36.6 Å². The van der Waals surface area contributed by atoms with Gasteiger partial charge >= 0.3 is 5.82 Å². The summed E-state index contributed by atoms with van der Waals surface area (Å²) in [5.41, 5.74) is 1.63. The fourth-order valence-corrected chi connectivity index (χ4v) is 5.79. The first-order valence-corrected chi connectivity index (χ1v) is 12.5. The number of benzene rings is 3. The first-order chi connectivity index (χ1) is 17.8. The Hall–Kier alpha value is -3.15. The van der Waals surface area contributed by atoms with Gasteiger partial charge in [-0.3, -0.25) is 0 Å². The van der Waals surface area contributed by atoms with Gasteiger partial charge < -0.3 is 9.84 Å². The van der Waals surface area contributed by atoms with Crippen LogP contribution >= 0.6 is 15.9 Å². The molecule has 0 radical (unpaired) electrons. The Bertz CT molecular complexity index is 1530. The zero-order valence-corrected chi connectivity index (χ0v) is 20.5. The standard InChI is InChI=1S/C26H18BrF5N3O2/c27-10-13-6-2-4-8-15(13)25(36)26-34-17(11-37-16-9-12-5-1-3-7-14(12)23(16)34)33-35(26)24-21(31)19(29)18(28)20(30)22(24)32/h1-8,16,23,25,36H,9-11H2/q+1/t16-,23?,25?/m0/s1. The first kappa shape index (κ1) is 24.2. The van der Waals surface area contributed by atoms with E-state index in [0.717, 1.165) is 11.1 Å². The lowest BCUT2D eigenvalue weighted by molar-refractivity contribution is -0.748. The largest absolute Gasteiger partial charge is 0.377 e. The number of aliphatic hydroxyl groups excluding tert-OH is 1. The van der Waals surface area contributed by atoms with Gasteiger partial charge in [-0.1, -0.05) is 69.1 Å². The van der Waals surface area contributed by atoms with E-state index in [1.54, 1.807) is 28.8 Å². The summed E-state index contributed by atoms with van der Waals surface area (Å²) < 4.78 is 80.7. The maximum absolute atomic E-state index is 15.0. The fraction of sp³-hybridized carbons (Fsp3) is 0.231. The van der Waals surface area contributed by atoms with Crippen LogP contribution in [0.1, 0.15) is 46.0 Å². The average molecular weight is 579 g/mol. The molecule has 0 saturated heterocycles. The molecule has 11 heteroatoms. The van der Waals surface area contributed by atoms with E-state index >= 15 is 8.78 Å². The predicted octanol–water partition coefficient (Wildman–Crippen LogP) is 4.88. The lowest BCUT2D eigenvalue weighted by Crippen LogP contribution is -2.54. The fourth-order valence-electron chi connectivity index (χ4n) is 5.28. The molecule has 2 unspecified atom stereocenters. The Morgan fingerprint density at radius 2 is 1.62 bits per heavy atom. The molecule has 3 aromatic carbocycles. The summed E-state index contributed by atoms with van der Waals surface area (Å²) in [6, 6.07) is 13.8. The molecular formula is C26H18BrF5N3O2+. The van der Waals surface area contributed by atoms with Crippen molar-refractivity contribution in [2.24, 2.45) is 0 Å². The van der Waals surface area contributed by atoms with Gasteiger partial charge in [0.15, 0.2) is 6.10 Å². The highest BCUT2D eigenvalue weighted by Crippen LogP contribution is 2.39. The number of nitrogens with zero attached hydrogens (tertiary/aromatic N) is 3.